The Morgan fingerprint density at radius 2 is 2.31 bits per heavy atom. The molecule has 1 fully saturated rings. The lowest BCUT2D eigenvalue weighted by Gasteiger charge is -2.23. The normalized spacial score (nSPS) is 18.6. The average molecular weight is 238 g/mol. The van der Waals surface area contributed by atoms with Crippen LogP contribution in [0.4, 0.5) is 0 Å². The van der Waals surface area contributed by atoms with Gasteiger partial charge in [-0.1, -0.05) is 19.3 Å². The van der Waals surface area contributed by atoms with E-state index in [1.807, 2.05) is 10.9 Å². The highest BCUT2D eigenvalue weighted by molar-refractivity contribution is 7.07. The van der Waals surface area contributed by atoms with Gasteiger partial charge in [0.1, 0.15) is 0 Å². The van der Waals surface area contributed by atoms with Gasteiger partial charge in [0.15, 0.2) is 5.96 Å². The van der Waals surface area contributed by atoms with Crippen LogP contribution in [0.5, 0.6) is 0 Å². The zero-order valence-electron chi connectivity index (χ0n) is 9.35. The Kier molecular flexibility index (Phi) is 4.16. The van der Waals surface area contributed by atoms with Crippen molar-refractivity contribution in [1.82, 2.24) is 10.3 Å². The molecule has 0 atom stereocenters. The Morgan fingerprint density at radius 3 is 3.00 bits per heavy atom. The van der Waals surface area contributed by atoms with Crippen molar-refractivity contribution in [2.45, 2.75) is 44.7 Å². The van der Waals surface area contributed by atoms with Gasteiger partial charge in [0.25, 0.3) is 0 Å². The summed E-state index contributed by atoms with van der Waals surface area (Å²) in [4.78, 5) is 8.45. The molecule has 4 nitrogen and oxygen atoms in total. The fraction of sp³-hybridized carbons (Fsp3) is 0.636. The van der Waals surface area contributed by atoms with Gasteiger partial charge in [-0.15, -0.1) is 11.3 Å². The Hall–Kier alpha value is -1.10. The first-order chi connectivity index (χ1) is 7.84. The summed E-state index contributed by atoms with van der Waals surface area (Å²) < 4.78 is 0. The Bertz CT molecular complexity index is 328. The minimum Gasteiger partial charge on any atom is -0.370 e. The minimum atomic E-state index is 0.521. The molecular formula is C11H18N4S. The molecule has 1 heterocycles. The maximum absolute atomic E-state index is 5.84. The van der Waals surface area contributed by atoms with E-state index in [-0.39, 0.29) is 0 Å². The van der Waals surface area contributed by atoms with Gasteiger partial charge in [-0.3, -0.25) is 0 Å². The van der Waals surface area contributed by atoms with Crippen LogP contribution in [0, 0.1) is 0 Å². The van der Waals surface area contributed by atoms with Crippen LogP contribution < -0.4 is 11.1 Å². The van der Waals surface area contributed by atoms with Gasteiger partial charge in [-0.05, 0) is 12.8 Å². The molecule has 0 amide bonds. The maximum atomic E-state index is 5.84. The monoisotopic (exact) mass is 238 g/mol. The number of thiazole rings is 1. The lowest BCUT2D eigenvalue weighted by Crippen LogP contribution is -2.41. The molecule has 0 bridgehead atoms. The van der Waals surface area contributed by atoms with Crippen LogP contribution in [0.2, 0.25) is 0 Å². The molecule has 16 heavy (non-hydrogen) atoms. The van der Waals surface area contributed by atoms with Crippen molar-refractivity contribution in [2.24, 2.45) is 10.7 Å². The number of hydrogen-bond acceptors (Lipinski definition) is 3. The van der Waals surface area contributed by atoms with Gasteiger partial charge in [0.05, 0.1) is 17.7 Å². The first-order valence-electron chi connectivity index (χ1n) is 5.78. The first-order valence-corrected chi connectivity index (χ1v) is 6.72. The number of aliphatic imine (C=N–C) groups is 1. The molecule has 0 aliphatic heterocycles. The quantitative estimate of drug-likeness (QED) is 0.624. The van der Waals surface area contributed by atoms with Crippen LogP contribution in [0.25, 0.3) is 0 Å². The van der Waals surface area contributed by atoms with Crippen LogP contribution in [0.1, 0.15) is 37.8 Å². The van der Waals surface area contributed by atoms with E-state index in [1.54, 1.807) is 11.3 Å². The van der Waals surface area contributed by atoms with Crippen LogP contribution in [0.3, 0.4) is 0 Å². The third kappa shape index (κ3) is 3.48. The van der Waals surface area contributed by atoms with Crippen LogP contribution in [-0.2, 0) is 6.54 Å². The average Bonchev–Trinajstić information content (AvgIpc) is 2.81. The molecule has 2 rings (SSSR count). The second kappa shape index (κ2) is 5.84. The highest BCUT2D eigenvalue weighted by Gasteiger charge is 2.13. The van der Waals surface area contributed by atoms with Gasteiger partial charge in [0, 0.05) is 11.4 Å². The van der Waals surface area contributed by atoms with E-state index in [9.17, 15) is 0 Å². The summed E-state index contributed by atoms with van der Waals surface area (Å²) in [5.41, 5.74) is 8.64. The second-order valence-electron chi connectivity index (χ2n) is 4.16. The van der Waals surface area contributed by atoms with E-state index in [1.165, 1.54) is 32.1 Å². The maximum Gasteiger partial charge on any atom is 0.189 e. The Labute approximate surface area is 100.0 Å². The van der Waals surface area contributed by atoms with Crippen LogP contribution in [0.15, 0.2) is 15.9 Å². The molecule has 1 aliphatic rings. The van der Waals surface area contributed by atoms with Crippen molar-refractivity contribution in [1.29, 1.82) is 0 Å². The fourth-order valence-corrected chi connectivity index (χ4v) is 2.53. The van der Waals surface area contributed by atoms with Crippen molar-refractivity contribution >= 4 is 17.3 Å². The zero-order valence-corrected chi connectivity index (χ0v) is 10.2. The Balaban J connectivity index is 1.77. The highest BCUT2D eigenvalue weighted by Crippen LogP contribution is 2.17. The highest BCUT2D eigenvalue weighted by atomic mass is 32.1. The molecule has 5 heteroatoms. The fourth-order valence-electron chi connectivity index (χ4n) is 1.98. The van der Waals surface area contributed by atoms with Crippen LogP contribution in [-0.4, -0.2) is 17.0 Å². The van der Waals surface area contributed by atoms with E-state index in [0.717, 1.165) is 5.69 Å². The number of aromatic nitrogens is 1. The SMILES string of the molecule is NC(=NCc1cscn1)NC1CCCCC1. The molecule has 1 aromatic rings. The van der Waals surface area contributed by atoms with E-state index >= 15 is 0 Å². The van der Waals surface area contributed by atoms with Gasteiger partial charge >= 0.3 is 0 Å². The predicted octanol–water partition coefficient (Wildman–Crippen LogP) is 1.88. The number of nitrogens with one attached hydrogen (secondary N) is 1. The molecule has 88 valence electrons. The minimum absolute atomic E-state index is 0.521. The molecule has 1 aromatic heterocycles. The summed E-state index contributed by atoms with van der Waals surface area (Å²) in [5.74, 6) is 0.555. The number of rotatable bonds is 3. The molecule has 0 spiro atoms. The summed E-state index contributed by atoms with van der Waals surface area (Å²) in [6.07, 6.45) is 6.39. The zero-order chi connectivity index (χ0) is 11.2. The summed E-state index contributed by atoms with van der Waals surface area (Å²) >= 11 is 1.59. The van der Waals surface area contributed by atoms with E-state index < -0.39 is 0 Å². The van der Waals surface area contributed by atoms with Crippen molar-refractivity contribution in [3.05, 3.63) is 16.6 Å². The molecule has 0 saturated heterocycles. The number of guanidine groups is 1. The molecule has 1 saturated carbocycles. The number of nitrogens with zero attached hydrogens (tertiary/aromatic N) is 2. The second-order valence-corrected chi connectivity index (χ2v) is 4.88. The number of nitrogens with two attached hydrogens (primary N) is 1. The summed E-state index contributed by atoms with van der Waals surface area (Å²) in [7, 11) is 0. The molecule has 0 aromatic carbocycles. The summed E-state index contributed by atoms with van der Waals surface area (Å²) in [6.45, 7) is 0.578. The van der Waals surface area contributed by atoms with Gasteiger partial charge in [-0.2, -0.15) is 0 Å². The van der Waals surface area contributed by atoms with E-state index in [4.69, 9.17) is 5.73 Å². The third-order valence-electron chi connectivity index (χ3n) is 2.85. The summed E-state index contributed by atoms with van der Waals surface area (Å²) in [6, 6.07) is 0.521. The topological polar surface area (TPSA) is 63.3 Å². The van der Waals surface area contributed by atoms with Crippen molar-refractivity contribution in [2.75, 3.05) is 0 Å². The molecule has 0 unspecified atom stereocenters. The first kappa shape index (κ1) is 11.4. The van der Waals surface area contributed by atoms with Crippen molar-refractivity contribution in [3.63, 3.8) is 0 Å². The van der Waals surface area contributed by atoms with Crippen LogP contribution >= 0.6 is 11.3 Å². The van der Waals surface area contributed by atoms with Gasteiger partial charge < -0.3 is 11.1 Å². The standard InChI is InChI=1S/C11H18N4S/c12-11(13-6-10-7-16-8-14-10)15-9-4-2-1-3-5-9/h7-9H,1-6H2,(H3,12,13,15). The lowest BCUT2D eigenvalue weighted by molar-refractivity contribution is 0.412. The third-order valence-corrected chi connectivity index (χ3v) is 3.49. The van der Waals surface area contributed by atoms with Gasteiger partial charge in [0.2, 0.25) is 0 Å². The van der Waals surface area contributed by atoms with Crippen molar-refractivity contribution in [3.8, 4) is 0 Å². The smallest absolute Gasteiger partial charge is 0.189 e. The van der Waals surface area contributed by atoms with Gasteiger partial charge in [-0.25, -0.2) is 9.98 Å². The molecule has 3 N–H and O–H groups in total. The lowest BCUT2D eigenvalue weighted by atomic mass is 9.96. The largest absolute Gasteiger partial charge is 0.370 e. The number of hydrogen-bond donors (Lipinski definition) is 2. The summed E-state index contributed by atoms with van der Waals surface area (Å²) in [5, 5.41) is 5.28. The predicted molar refractivity (Wildman–Crippen MR) is 67.4 cm³/mol. The van der Waals surface area contributed by atoms with E-state index in [0.29, 0.717) is 18.5 Å². The Morgan fingerprint density at radius 1 is 1.50 bits per heavy atom. The van der Waals surface area contributed by atoms with Crippen molar-refractivity contribution < 1.29 is 0 Å². The molecular weight excluding hydrogens is 220 g/mol. The molecule has 0 radical (unpaired) electrons. The van der Waals surface area contributed by atoms with E-state index in [2.05, 4.69) is 15.3 Å². The molecule has 1 aliphatic carbocycles.